The van der Waals surface area contributed by atoms with Gasteiger partial charge in [-0.1, -0.05) is 22.3 Å². The number of amides is 1. The first-order chi connectivity index (χ1) is 15.8. The monoisotopic (exact) mass is 470 g/mol. The zero-order chi connectivity index (χ0) is 23.6. The molecule has 1 aromatic heterocycles. The average Bonchev–Trinajstić information content (AvgIpc) is 3.27. The van der Waals surface area contributed by atoms with E-state index in [2.05, 4.69) is 15.5 Å². The number of aryl methyl sites for hydroxylation is 2. The molecule has 9 nitrogen and oxygen atoms in total. The van der Waals surface area contributed by atoms with Crippen molar-refractivity contribution in [3.63, 3.8) is 0 Å². The van der Waals surface area contributed by atoms with Gasteiger partial charge in [0.05, 0.1) is 12.0 Å². The molecule has 0 atom stereocenters. The number of nitrogens with one attached hydrogen (secondary N) is 1. The molecule has 4 rings (SSSR count). The third kappa shape index (κ3) is 5.07. The fourth-order valence-electron chi connectivity index (χ4n) is 3.95. The van der Waals surface area contributed by atoms with Gasteiger partial charge in [-0.15, -0.1) is 5.10 Å². The predicted octanol–water partition coefficient (Wildman–Crippen LogP) is 3.40. The van der Waals surface area contributed by atoms with Gasteiger partial charge < -0.3 is 9.15 Å². The van der Waals surface area contributed by atoms with E-state index in [1.54, 1.807) is 12.1 Å². The van der Waals surface area contributed by atoms with Crippen LogP contribution in [0.4, 0.5) is 6.01 Å². The maximum atomic E-state index is 12.9. The van der Waals surface area contributed by atoms with E-state index in [0.29, 0.717) is 24.5 Å². The molecule has 0 spiro atoms. The largest absolute Gasteiger partial charge is 0.497 e. The number of piperidine rings is 1. The Hall–Kier alpha value is -3.24. The normalized spacial score (nSPS) is 15.4. The molecule has 1 fully saturated rings. The van der Waals surface area contributed by atoms with Crippen molar-refractivity contribution in [3.8, 4) is 17.2 Å². The quantitative estimate of drug-likeness (QED) is 0.587. The van der Waals surface area contributed by atoms with Crippen molar-refractivity contribution in [3.05, 3.63) is 53.6 Å². The zero-order valence-corrected chi connectivity index (χ0v) is 19.6. The van der Waals surface area contributed by atoms with Crippen LogP contribution in [0.15, 0.2) is 51.8 Å². The van der Waals surface area contributed by atoms with Crippen molar-refractivity contribution in [1.29, 1.82) is 0 Å². The summed E-state index contributed by atoms with van der Waals surface area (Å²) in [6, 6.07) is 12.2. The molecule has 33 heavy (non-hydrogen) atoms. The second kappa shape index (κ2) is 9.32. The van der Waals surface area contributed by atoms with Crippen molar-refractivity contribution in [2.75, 3.05) is 25.5 Å². The van der Waals surface area contributed by atoms with Crippen LogP contribution in [0, 0.1) is 19.8 Å². The number of methoxy groups -OCH3 is 1. The van der Waals surface area contributed by atoms with Gasteiger partial charge in [0.2, 0.25) is 21.8 Å². The van der Waals surface area contributed by atoms with Gasteiger partial charge in [0.1, 0.15) is 5.75 Å². The molecule has 174 valence electrons. The van der Waals surface area contributed by atoms with Gasteiger partial charge in [-0.2, -0.15) is 4.31 Å². The van der Waals surface area contributed by atoms with Gasteiger partial charge in [-0.3, -0.25) is 10.1 Å². The van der Waals surface area contributed by atoms with Crippen molar-refractivity contribution in [2.24, 2.45) is 5.92 Å². The SMILES string of the molecule is COc1ccc(S(=O)(=O)N2CCC(C(=O)Nc3nnc(-c4cc(C)cc(C)c4)o3)CC2)cc1. The van der Waals surface area contributed by atoms with Crippen LogP contribution in [0.3, 0.4) is 0 Å². The van der Waals surface area contributed by atoms with Crippen molar-refractivity contribution in [1.82, 2.24) is 14.5 Å². The Morgan fingerprint density at radius 3 is 2.30 bits per heavy atom. The summed E-state index contributed by atoms with van der Waals surface area (Å²) >= 11 is 0. The summed E-state index contributed by atoms with van der Waals surface area (Å²) in [4.78, 5) is 12.9. The van der Waals surface area contributed by atoms with Crippen LogP contribution in [-0.2, 0) is 14.8 Å². The smallest absolute Gasteiger partial charge is 0.322 e. The van der Waals surface area contributed by atoms with Gasteiger partial charge in [-0.05, 0) is 63.1 Å². The lowest BCUT2D eigenvalue weighted by atomic mass is 9.97. The summed E-state index contributed by atoms with van der Waals surface area (Å²) in [6.45, 7) is 4.47. The first-order valence-corrected chi connectivity index (χ1v) is 12.1. The van der Waals surface area contributed by atoms with Crippen LogP contribution >= 0.6 is 0 Å². The first-order valence-electron chi connectivity index (χ1n) is 10.6. The van der Waals surface area contributed by atoms with E-state index in [9.17, 15) is 13.2 Å². The molecule has 0 aliphatic carbocycles. The fourth-order valence-corrected chi connectivity index (χ4v) is 5.42. The number of rotatable bonds is 6. The maximum Gasteiger partial charge on any atom is 0.322 e. The summed E-state index contributed by atoms with van der Waals surface area (Å²) in [6.07, 6.45) is 0.804. The van der Waals surface area contributed by atoms with Crippen LogP contribution in [0.1, 0.15) is 24.0 Å². The standard InChI is InChI=1S/C23H26N4O5S/c1-15-12-16(2)14-18(13-15)22-25-26-23(32-22)24-21(28)17-8-10-27(11-9-17)33(29,30)20-6-4-19(31-3)5-7-20/h4-7,12-14,17H,8-11H2,1-3H3,(H,24,26,28). The van der Waals surface area contributed by atoms with E-state index < -0.39 is 10.0 Å². The van der Waals surface area contributed by atoms with Gasteiger partial charge in [0, 0.05) is 24.6 Å². The molecule has 3 aromatic rings. The van der Waals surface area contributed by atoms with Crippen LogP contribution in [0.25, 0.3) is 11.5 Å². The van der Waals surface area contributed by atoms with Crippen LogP contribution in [0.5, 0.6) is 5.75 Å². The number of carbonyl (C=O) groups excluding carboxylic acids is 1. The van der Waals surface area contributed by atoms with Crippen LogP contribution in [0.2, 0.25) is 0 Å². The minimum atomic E-state index is -3.62. The molecule has 0 bridgehead atoms. The van der Waals surface area contributed by atoms with E-state index in [4.69, 9.17) is 9.15 Å². The van der Waals surface area contributed by atoms with Crippen molar-refractivity contribution < 1.29 is 22.4 Å². The highest BCUT2D eigenvalue weighted by Gasteiger charge is 2.32. The molecule has 0 unspecified atom stereocenters. The lowest BCUT2D eigenvalue weighted by molar-refractivity contribution is -0.121. The minimum absolute atomic E-state index is 0.0300. The number of hydrogen-bond donors (Lipinski definition) is 1. The Kier molecular flexibility index (Phi) is 6.48. The Labute approximate surface area is 192 Å². The molecule has 0 saturated carbocycles. The first kappa shape index (κ1) is 22.9. The van der Waals surface area contributed by atoms with Gasteiger partial charge in [-0.25, -0.2) is 8.42 Å². The molecular weight excluding hydrogens is 444 g/mol. The van der Waals surface area contributed by atoms with Gasteiger partial charge in [0.25, 0.3) is 0 Å². The lowest BCUT2D eigenvalue weighted by Gasteiger charge is -2.30. The predicted molar refractivity (Wildman–Crippen MR) is 122 cm³/mol. The fraction of sp³-hybridized carbons (Fsp3) is 0.348. The van der Waals surface area contributed by atoms with E-state index >= 15 is 0 Å². The molecule has 1 N–H and O–H groups in total. The number of benzene rings is 2. The van der Waals surface area contributed by atoms with Gasteiger partial charge in [0.15, 0.2) is 0 Å². The van der Waals surface area contributed by atoms with E-state index in [1.807, 2.05) is 32.0 Å². The summed E-state index contributed by atoms with van der Waals surface area (Å²) in [7, 11) is -2.10. The van der Waals surface area contributed by atoms with E-state index in [-0.39, 0.29) is 35.8 Å². The molecule has 10 heteroatoms. The third-order valence-electron chi connectivity index (χ3n) is 5.65. The second-order valence-electron chi connectivity index (χ2n) is 8.13. The third-order valence-corrected chi connectivity index (χ3v) is 7.56. The Bertz CT molecular complexity index is 1230. The molecule has 1 aliphatic heterocycles. The number of aromatic nitrogens is 2. The van der Waals surface area contributed by atoms with Crippen LogP contribution in [-0.4, -0.2) is 49.0 Å². The van der Waals surface area contributed by atoms with E-state index in [1.165, 1.54) is 23.5 Å². The maximum absolute atomic E-state index is 12.9. The molecule has 1 saturated heterocycles. The van der Waals surface area contributed by atoms with Crippen molar-refractivity contribution in [2.45, 2.75) is 31.6 Å². The number of nitrogens with zero attached hydrogens (tertiary/aromatic N) is 3. The number of carbonyl (C=O) groups is 1. The topological polar surface area (TPSA) is 115 Å². The molecule has 0 radical (unpaired) electrons. The number of sulfonamides is 1. The van der Waals surface area contributed by atoms with E-state index in [0.717, 1.165) is 16.7 Å². The number of anilines is 1. The minimum Gasteiger partial charge on any atom is -0.497 e. The number of ether oxygens (including phenoxy) is 1. The highest BCUT2D eigenvalue weighted by molar-refractivity contribution is 7.89. The summed E-state index contributed by atoms with van der Waals surface area (Å²) < 4.78 is 37.9. The molecule has 1 amide bonds. The molecule has 2 heterocycles. The second-order valence-corrected chi connectivity index (χ2v) is 10.1. The average molecular weight is 471 g/mol. The summed E-state index contributed by atoms with van der Waals surface area (Å²) in [5.41, 5.74) is 2.94. The molecule has 2 aromatic carbocycles. The summed E-state index contributed by atoms with van der Waals surface area (Å²) in [5, 5.41) is 10.6. The molecular formula is C23H26N4O5S. The van der Waals surface area contributed by atoms with Crippen molar-refractivity contribution >= 4 is 21.9 Å². The summed E-state index contributed by atoms with van der Waals surface area (Å²) in [5.74, 6) is 0.319. The number of hydrogen-bond acceptors (Lipinski definition) is 7. The Balaban J connectivity index is 1.36. The molecule has 1 aliphatic rings. The Morgan fingerprint density at radius 1 is 1.06 bits per heavy atom. The zero-order valence-electron chi connectivity index (χ0n) is 18.7. The lowest BCUT2D eigenvalue weighted by Crippen LogP contribution is -2.41. The highest BCUT2D eigenvalue weighted by atomic mass is 32.2. The highest BCUT2D eigenvalue weighted by Crippen LogP contribution is 2.27. The Morgan fingerprint density at radius 2 is 1.70 bits per heavy atom. The van der Waals surface area contributed by atoms with Gasteiger partial charge >= 0.3 is 6.01 Å². The van der Waals surface area contributed by atoms with Crippen LogP contribution < -0.4 is 10.1 Å².